The first-order chi connectivity index (χ1) is 11.6. The Morgan fingerprint density at radius 3 is 2.67 bits per heavy atom. The highest BCUT2D eigenvalue weighted by Crippen LogP contribution is 2.60. The molecule has 2 heterocycles. The van der Waals surface area contributed by atoms with Crippen LogP contribution in [0.5, 0.6) is 0 Å². The molecule has 2 aromatic heterocycles. The number of amides is 1. The van der Waals surface area contributed by atoms with E-state index in [-0.39, 0.29) is 11.3 Å². The van der Waals surface area contributed by atoms with E-state index in [0.29, 0.717) is 0 Å². The van der Waals surface area contributed by atoms with Crippen LogP contribution in [-0.2, 0) is 4.79 Å². The van der Waals surface area contributed by atoms with Crippen LogP contribution in [0.25, 0.3) is 4.96 Å². The standard InChI is InChI=1S/C18H22N4OS/c1-11-15(22-2-3-24-17(22)20-11)10-19-21-16(23)18-7-12-4-13(8-18)6-14(5-12)9-18/h2-3,10,12-14H,4-9H2,1H3,(H,21,23). The lowest BCUT2D eigenvalue weighted by atomic mass is 9.49. The van der Waals surface area contributed by atoms with Gasteiger partial charge in [0, 0.05) is 11.6 Å². The molecule has 0 spiro atoms. The molecule has 126 valence electrons. The van der Waals surface area contributed by atoms with Gasteiger partial charge in [-0.15, -0.1) is 11.3 Å². The number of hydrogen-bond acceptors (Lipinski definition) is 4. The van der Waals surface area contributed by atoms with E-state index in [2.05, 4.69) is 15.5 Å². The maximum Gasteiger partial charge on any atom is 0.246 e. The lowest BCUT2D eigenvalue weighted by molar-refractivity contribution is -0.146. The Kier molecular flexibility index (Phi) is 3.14. The number of aromatic nitrogens is 2. The molecule has 1 N–H and O–H groups in total. The van der Waals surface area contributed by atoms with Crippen molar-refractivity contribution in [3.63, 3.8) is 0 Å². The van der Waals surface area contributed by atoms with Crippen molar-refractivity contribution in [3.05, 3.63) is 23.0 Å². The smallest absolute Gasteiger partial charge is 0.246 e. The van der Waals surface area contributed by atoms with Gasteiger partial charge in [-0.25, -0.2) is 10.4 Å². The highest BCUT2D eigenvalue weighted by atomic mass is 32.1. The van der Waals surface area contributed by atoms with Gasteiger partial charge in [0.2, 0.25) is 5.91 Å². The molecule has 4 fully saturated rings. The van der Waals surface area contributed by atoms with Crippen LogP contribution in [-0.4, -0.2) is 21.5 Å². The van der Waals surface area contributed by atoms with Gasteiger partial charge >= 0.3 is 0 Å². The van der Waals surface area contributed by atoms with E-state index in [9.17, 15) is 4.79 Å². The molecule has 2 aromatic rings. The van der Waals surface area contributed by atoms with Crippen LogP contribution in [0.15, 0.2) is 16.7 Å². The SMILES string of the molecule is Cc1nc2sccn2c1C=NNC(=O)C12CC3CC(CC(C3)C1)C2. The van der Waals surface area contributed by atoms with Crippen molar-refractivity contribution in [1.29, 1.82) is 0 Å². The van der Waals surface area contributed by atoms with E-state index in [0.717, 1.165) is 53.4 Å². The highest BCUT2D eigenvalue weighted by Gasteiger charge is 2.54. The fourth-order valence-electron chi connectivity index (χ4n) is 5.73. The van der Waals surface area contributed by atoms with E-state index < -0.39 is 0 Å². The molecule has 6 heteroatoms. The predicted octanol–water partition coefficient (Wildman–Crippen LogP) is 3.37. The van der Waals surface area contributed by atoms with Gasteiger partial charge in [-0.3, -0.25) is 9.20 Å². The summed E-state index contributed by atoms with van der Waals surface area (Å²) in [6.07, 6.45) is 11.0. The van der Waals surface area contributed by atoms with E-state index in [4.69, 9.17) is 0 Å². The molecule has 0 aliphatic heterocycles. The van der Waals surface area contributed by atoms with Crippen LogP contribution in [0.1, 0.15) is 49.9 Å². The number of nitrogens with one attached hydrogen (secondary N) is 1. The number of hydrogen-bond donors (Lipinski definition) is 1. The van der Waals surface area contributed by atoms with Crippen molar-refractivity contribution in [3.8, 4) is 0 Å². The summed E-state index contributed by atoms with van der Waals surface area (Å²) in [4.78, 5) is 18.3. The van der Waals surface area contributed by atoms with Crippen molar-refractivity contribution in [2.24, 2.45) is 28.3 Å². The molecule has 4 aliphatic carbocycles. The minimum absolute atomic E-state index is 0.140. The number of carbonyl (C=O) groups is 1. The van der Waals surface area contributed by atoms with Crippen LogP contribution in [0.4, 0.5) is 0 Å². The van der Waals surface area contributed by atoms with Crippen LogP contribution in [0, 0.1) is 30.1 Å². The summed E-state index contributed by atoms with van der Waals surface area (Å²) in [5, 5.41) is 6.29. The Bertz CT molecular complexity index is 798. The minimum Gasteiger partial charge on any atom is -0.289 e. The molecule has 1 amide bonds. The maximum absolute atomic E-state index is 12.9. The lowest BCUT2D eigenvalue weighted by Crippen LogP contribution is -2.52. The second-order valence-corrected chi connectivity index (χ2v) is 8.91. The Hall–Kier alpha value is -1.69. The minimum atomic E-state index is -0.143. The lowest BCUT2D eigenvalue weighted by Gasteiger charge is -2.55. The topological polar surface area (TPSA) is 58.8 Å². The third-order valence-electron chi connectivity index (χ3n) is 6.36. The second-order valence-electron chi connectivity index (χ2n) is 8.04. The summed E-state index contributed by atoms with van der Waals surface area (Å²) in [6.45, 7) is 1.97. The number of rotatable bonds is 3. The molecule has 0 unspecified atom stereocenters. The van der Waals surface area contributed by atoms with Gasteiger partial charge in [-0.05, 0) is 63.2 Å². The normalized spacial score (nSPS) is 34.5. The van der Waals surface area contributed by atoms with Gasteiger partial charge in [0.15, 0.2) is 4.96 Å². The molecular weight excluding hydrogens is 320 g/mol. The zero-order valence-electron chi connectivity index (χ0n) is 13.9. The number of nitrogens with zero attached hydrogens (tertiary/aromatic N) is 3. The molecule has 0 radical (unpaired) electrons. The van der Waals surface area contributed by atoms with Gasteiger partial charge in [-0.2, -0.15) is 5.10 Å². The average molecular weight is 342 g/mol. The monoisotopic (exact) mass is 342 g/mol. The van der Waals surface area contributed by atoms with Crippen molar-refractivity contribution < 1.29 is 4.79 Å². The largest absolute Gasteiger partial charge is 0.289 e. The molecular formula is C18H22N4OS. The number of aryl methyl sites for hydroxylation is 1. The van der Waals surface area contributed by atoms with Gasteiger partial charge in [-0.1, -0.05) is 0 Å². The molecule has 5 nitrogen and oxygen atoms in total. The Morgan fingerprint density at radius 1 is 1.33 bits per heavy atom. The Labute approximate surface area is 145 Å². The molecule has 0 atom stereocenters. The van der Waals surface area contributed by atoms with Gasteiger partial charge in [0.05, 0.1) is 23.0 Å². The predicted molar refractivity (Wildman–Crippen MR) is 94.1 cm³/mol. The van der Waals surface area contributed by atoms with E-state index in [1.807, 2.05) is 22.9 Å². The zero-order chi connectivity index (χ0) is 16.3. The Morgan fingerprint density at radius 2 is 2.00 bits per heavy atom. The Balaban J connectivity index is 1.34. The quantitative estimate of drug-likeness (QED) is 0.687. The molecule has 6 rings (SSSR count). The van der Waals surface area contributed by atoms with E-state index in [1.54, 1.807) is 17.6 Å². The summed E-state index contributed by atoms with van der Waals surface area (Å²) < 4.78 is 2.01. The van der Waals surface area contributed by atoms with Crippen LogP contribution < -0.4 is 5.43 Å². The van der Waals surface area contributed by atoms with Crippen LogP contribution >= 0.6 is 11.3 Å². The maximum atomic E-state index is 12.9. The molecule has 0 aromatic carbocycles. The summed E-state index contributed by atoms with van der Waals surface area (Å²) in [5.74, 6) is 2.46. The number of thiazole rings is 1. The second kappa shape index (κ2) is 5.15. The highest BCUT2D eigenvalue weighted by molar-refractivity contribution is 7.15. The van der Waals surface area contributed by atoms with Crippen LogP contribution in [0.3, 0.4) is 0 Å². The number of hydrazone groups is 1. The first-order valence-corrected chi connectivity index (χ1v) is 9.76. The third-order valence-corrected chi connectivity index (χ3v) is 7.11. The van der Waals surface area contributed by atoms with Gasteiger partial charge in [0.1, 0.15) is 0 Å². The molecule has 4 bridgehead atoms. The molecule has 24 heavy (non-hydrogen) atoms. The summed E-state index contributed by atoms with van der Waals surface area (Å²) >= 11 is 1.60. The first-order valence-electron chi connectivity index (χ1n) is 8.89. The van der Waals surface area contributed by atoms with Crippen molar-refractivity contribution in [1.82, 2.24) is 14.8 Å². The van der Waals surface area contributed by atoms with Crippen molar-refractivity contribution >= 4 is 28.4 Å². The molecule has 4 saturated carbocycles. The third kappa shape index (κ3) is 2.15. The fraction of sp³-hybridized carbons (Fsp3) is 0.611. The zero-order valence-corrected chi connectivity index (χ0v) is 14.7. The number of fused-ring (bicyclic) bond motifs is 1. The fourth-order valence-corrected chi connectivity index (χ4v) is 6.49. The van der Waals surface area contributed by atoms with Gasteiger partial charge in [0.25, 0.3) is 0 Å². The van der Waals surface area contributed by atoms with Crippen molar-refractivity contribution in [2.45, 2.75) is 45.4 Å². The summed E-state index contributed by atoms with van der Waals surface area (Å²) in [6, 6.07) is 0. The van der Waals surface area contributed by atoms with Gasteiger partial charge < -0.3 is 0 Å². The summed E-state index contributed by atoms with van der Waals surface area (Å²) in [5.41, 5.74) is 4.59. The van der Waals surface area contributed by atoms with Crippen LogP contribution in [0.2, 0.25) is 0 Å². The van der Waals surface area contributed by atoms with E-state index >= 15 is 0 Å². The number of imidazole rings is 1. The first kappa shape index (κ1) is 14.6. The molecule has 4 aliphatic rings. The molecule has 0 saturated heterocycles. The van der Waals surface area contributed by atoms with E-state index in [1.165, 1.54) is 19.3 Å². The average Bonchev–Trinajstić information content (AvgIpc) is 3.08. The summed E-state index contributed by atoms with van der Waals surface area (Å²) in [7, 11) is 0. The van der Waals surface area contributed by atoms with Crippen molar-refractivity contribution in [2.75, 3.05) is 0 Å². The number of carbonyl (C=O) groups excluding carboxylic acids is 1.